The number of methoxy groups -OCH3 is 1. The molecule has 35 heavy (non-hydrogen) atoms. The summed E-state index contributed by atoms with van der Waals surface area (Å²) in [7, 11) is 1.28. The van der Waals surface area contributed by atoms with Gasteiger partial charge in [-0.1, -0.05) is 36.4 Å². The molecule has 5 aromatic rings. The van der Waals surface area contributed by atoms with Crippen molar-refractivity contribution in [3.8, 4) is 0 Å². The second-order valence-electron chi connectivity index (χ2n) is 9.83. The van der Waals surface area contributed by atoms with Gasteiger partial charge in [-0.3, -0.25) is 4.79 Å². The van der Waals surface area contributed by atoms with Gasteiger partial charge in [0.2, 0.25) is 5.60 Å². The largest absolute Gasteiger partial charge is 0.467 e. The van der Waals surface area contributed by atoms with Crippen molar-refractivity contribution in [1.82, 2.24) is 14.5 Å². The van der Waals surface area contributed by atoms with Gasteiger partial charge in [-0.15, -0.1) is 0 Å². The Hall–Kier alpha value is -3.88. The summed E-state index contributed by atoms with van der Waals surface area (Å²) in [4.78, 5) is 26.3. The molecule has 1 amide bonds. The number of carbonyl (C=O) groups is 2. The monoisotopic (exact) mass is 467 g/mol. The Bertz CT molecular complexity index is 1830. The van der Waals surface area contributed by atoms with Crippen molar-refractivity contribution in [2.75, 3.05) is 7.11 Å². The van der Waals surface area contributed by atoms with E-state index in [9.17, 15) is 14.7 Å². The van der Waals surface area contributed by atoms with E-state index in [0.29, 0.717) is 12.1 Å². The standard InChI is InChI=1S/C27H21N3O5/c1-26-27(33,25(32)34-2)11-18(35-26)29-16-9-5-3-7-13(16)20-21-15(12-28-24(21)31)19-14-8-4-6-10-17(14)30(26)23(19)22(20)29/h3-10,18,33H,11-12H2,1-2H3,(H,28,31)/t18-,26+,27-/m0/s1. The van der Waals surface area contributed by atoms with Crippen LogP contribution in [0.1, 0.15) is 35.5 Å². The summed E-state index contributed by atoms with van der Waals surface area (Å²) in [5, 5.41) is 18.7. The molecule has 2 bridgehead atoms. The van der Waals surface area contributed by atoms with Crippen LogP contribution in [0.5, 0.6) is 0 Å². The van der Waals surface area contributed by atoms with Crippen LogP contribution in [0, 0.1) is 0 Å². The van der Waals surface area contributed by atoms with Gasteiger partial charge in [0, 0.05) is 34.5 Å². The Morgan fingerprint density at radius 1 is 1.09 bits per heavy atom. The quantitative estimate of drug-likeness (QED) is 0.367. The number of esters is 1. The highest BCUT2D eigenvalue weighted by molar-refractivity contribution is 6.31. The fourth-order valence-corrected chi connectivity index (χ4v) is 6.89. The number of para-hydroxylation sites is 2. The summed E-state index contributed by atoms with van der Waals surface area (Å²) in [5.41, 5.74) is 1.69. The number of rotatable bonds is 1. The fraction of sp³-hybridized carbons (Fsp3) is 0.259. The van der Waals surface area contributed by atoms with Crippen molar-refractivity contribution in [1.29, 1.82) is 0 Å². The highest BCUT2D eigenvalue weighted by Crippen LogP contribution is 2.57. The van der Waals surface area contributed by atoms with Crippen LogP contribution in [0.4, 0.5) is 0 Å². The number of benzene rings is 3. The lowest BCUT2D eigenvalue weighted by Crippen LogP contribution is -2.56. The van der Waals surface area contributed by atoms with E-state index in [0.717, 1.165) is 49.2 Å². The van der Waals surface area contributed by atoms with E-state index in [1.165, 1.54) is 7.11 Å². The van der Waals surface area contributed by atoms with Crippen LogP contribution < -0.4 is 5.32 Å². The number of hydrogen-bond acceptors (Lipinski definition) is 5. The zero-order valence-electron chi connectivity index (χ0n) is 19.1. The van der Waals surface area contributed by atoms with Gasteiger partial charge in [0.05, 0.1) is 34.7 Å². The van der Waals surface area contributed by atoms with Crippen molar-refractivity contribution >= 4 is 55.5 Å². The molecule has 5 heterocycles. The van der Waals surface area contributed by atoms with Crippen LogP contribution in [0.25, 0.3) is 43.6 Å². The Morgan fingerprint density at radius 3 is 2.51 bits per heavy atom. The molecule has 3 atom stereocenters. The molecule has 2 N–H and O–H groups in total. The zero-order valence-corrected chi connectivity index (χ0v) is 19.1. The van der Waals surface area contributed by atoms with Gasteiger partial charge in [0.1, 0.15) is 6.23 Å². The summed E-state index contributed by atoms with van der Waals surface area (Å²) >= 11 is 0. The molecular weight excluding hydrogens is 446 g/mol. The van der Waals surface area contributed by atoms with Crippen LogP contribution in [-0.4, -0.2) is 38.8 Å². The first-order chi connectivity index (χ1) is 16.9. The third kappa shape index (κ3) is 1.89. The zero-order chi connectivity index (χ0) is 23.9. The minimum Gasteiger partial charge on any atom is -0.467 e. The predicted octanol–water partition coefficient (Wildman–Crippen LogP) is 3.66. The molecule has 0 aliphatic carbocycles. The van der Waals surface area contributed by atoms with E-state index < -0.39 is 23.5 Å². The molecule has 2 aromatic heterocycles. The van der Waals surface area contributed by atoms with Crippen LogP contribution in [0.15, 0.2) is 48.5 Å². The van der Waals surface area contributed by atoms with Crippen molar-refractivity contribution in [3.63, 3.8) is 0 Å². The van der Waals surface area contributed by atoms with Gasteiger partial charge in [0.25, 0.3) is 5.91 Å². The maximum atomic E-state index is 13.2. The number of fused-ring (bicyclic) bond motifs is 13. The second-order valence-corrected chi connectivity index (χ2v) is 9.83. The van der Waals surface area contributed by atoms with E-state index in [1.807, 2.05) is 53.1 Å². The van der Waals surface area contributed by atoms with E-state index in [1.54, 1.807) is 6.92 Å². The Balaban J connectivity index is 1.73. The lowest BCUT2D eigenvalue weighted by molar-refractivity contribution is -0.202. The minimum absolute atomic E-state index is 0.0146. The van der Waals surface area contributed by atoms with Crippen LogP contribution in [-0.2, 0) is 26.5 Å². The average molecular weight is 467 g/mol. The van der Waals surface area contributed by atoms with Gasteiger partial charge in [-0.05, 0) is 24.6 Å². The number of aromatic nitrogens is 2. The molecule has 0 radical (unpaired) electrons. The Kier molecular flexibility index (Phi) is 3.24. The second kappa shape index (κ2) is 5.84. The Morgan fingerprint density at radius 2 is 1.77 bits per heavy atom. The van der Waals surface area contributed by atoms with E-state index in [-0.39, 0.29) is 12.3 Å². The summed E-state index contributed by atoms with van der Waals surface area (Å²) < 4.78 is 15.8. The van der Waals surface area contributed by atoms with Gasteiger partial charge in [-0.25, -0.2) is 4.79 Å². The van der Waals surface area contributed by atoms with Crippen molar-refractivity contribution in [2.24, 2.45) is 0 Å². The topological polar surface area (TPSA) is 94.7 Å². The molecular formula is C27H21N3O5. The number of hydrogen-bond donors (Lipinski definition) is 2. The molecule has 0 unspecified atom stereocenters. The van der Waals surface area contributed by atoms with Crippen LogP contribution >= 0.6 is 0 Å². The molecule has 3 aromatic carbocycles. The molecule has 0 spiro atoms. The highest BCUT2D eigenvalue weighted by Gasteiger charge is 2.65. The maximum absolute atomic E-state index is 13.2. The maximum Gasteiger partial charge on any atom is 0.343 e. The van der Waals surface area contributed by atoms with E-state index >= 15 is 0 Å². The molecule has 1 fully saturated rings. The van der Waals surface area contributed by atoms with Gasteiger partial charge in [0.15, 0.2) is 5.72 Å². The molecule has 8 rings (SSSR count). The third-order valence-corrected chi connectivity index (χ3v) is 8.36. The molecule has 3 aliphatic rings. The van der Waals surface area contributed by atoms with E-state index in [2.05, 4.69) is 9.88 Å². The summed E-state index contributed by atoms with van der Waals surface area (Å²) in [6.07, 6.45) is -0.628. The molecule has 8 nitrogen and oxygen atoms in total. The average Bonchev–Trinajstić information content (AvgIpc) is 3.55. The third-order valence-electron chi connectivity index (χ3n) is 8.36. The minimum atomic E-state index is -1.93. The molecule has 8 heteroatoms. The number of nitrogens with zero attached hydrogens (tertiary/aromatic N) is 2. The summed E-state index contributed by atoms with van der Waals surface area (Å²) in [5.74, 6) is -0.822. The number of nitrogens with one attached hydrogen (secondary N) is 1. The SMILES string of the molecule is COC(=O)[C@@]1(O)C[C@@H]2O[C@@]1(C)n1c3ccccc3c3c4c(c5c6ccccc6n2c5c31)C(=O)NC4. The summed E-state index contributed by atoms with van der Waals surface area (Å²) in [6.45, 7) is 2.17. The van der Waals surface area contributed by atoms with Crippen molar-refractivity contribution in [2.45, 2.75) is 37.4 Å². The van der Waals surface area contributed by atoms with Gasteiger partial charge < -0.3 is 29.0 Å². The lowest BCUT2D eigenvalue weighted by Gasteiger charge is -2.37. The van der Waals surface area contributed by atoms with Crippen molar-refractivity contribution < 1.29 is 24.2 Å². The smallest absolute Gasteiger partial charge is 0.343 e. The number of amides is 1. The number of ether oxygens (including phenoxy) is 2. The molecule has 0 saturated carbocycles. The van der Waals surface area contributed by atoms with Crippen molar-refractivity contribution in [3.05, 3.63) is 59.7 Å². The van der Waals surface area contributed by atoms with Crippen LogP contribution in [0.3, 0.4) is 0 Å². The summed E-state index contributed by atoms with van der Waals surface area (Å²) in [6, 6.07) is 15.8. The van der Waals surface area contributed by atoms with E-state index in [4.69, 9.17) is 9.47 Å². The Labute approximate surface area is 198 Å². The molecule has 3 aliphatic heterocycles. The number of carbonyl (C=O) groups excluding carboxylic acids is 2. The first kappa shape index (κ1) is 19.4. The normalized spacial score (nSPS) is 26.7. The molecule has 174 valence electrons. The first-order valence-electron chi connectivity index (χ1n) is 11.7. The predicted molar refractivity (Wildman–Crippen MR) is 129 cm³/mol. The van der Waals surface area contributed by atoms with Gasteiger partial charge in [-0.2, -0.15) is 0 Å². The lowest BCUT2D eigenvalue weighted by atomic mass is 9.88. The molecule has 1 saturated heterocycles. The highest BCUT2D eigenvalue weighted by atomic mass is 16.6. The number of aliphatic hydroxyl groups is 1. The van der Waals surface area contributed by atoms with Crippen LogP contribution in [0.2, 0.25) is 0 Å². The first-order valence-corrected chi connectivity index (χ1v) is 11.7. The van der Waals surface area contributed by atoms with Gasteiger partial charge >= 0.3 is 5.97 Å². The fourth-order valence-electron chi connectivity index (χ4n) is 6.89.